The number of hydrogen-bond acceptors (Lipinski definition) is 4. The Morgan fingerprint density at radius 3 is 2.41 bits per heavy atom. The predicted molar refractivity (Wildman–Crippen MR) is 116 cm³/mol. The van der Waals surface area contributed by atoms with Gasteiger partial charge in [0.15, 0.2) is 0 Å². The zero-order chi connectivity index (χ0) is 20.6. The van der Waals surface area contributed by atoms with Gasteiger partial charge in [0, 0.05) is 22.5 Å². The van der Waals surface area contributed by atoms with E-state index in [-0.39, 0.29) is 12.1 Å². The molecule has 154 valence electrons. The number of benzene rings is 1. The maximum absolute atomic E-state index is 12.5. The minimum absolute atomic E-state index is 0.207. The van der Waals surface area contributed by atoms with Crippen molar-refractivity contribution in [3.63, 3.8) is 0 Å². The first kappa shape index (κ1) is 21.0. The molecular weight excluding hydrogens is 388 g/mol. The van der Waals surface area contributed by atoms with E-state index in [4.69, 9.17) is 11.6 Å². The minimum atomic E-state index is -0.274. The highest BCUT2D eigenvalue weighted by molar-refractivity contribution is 6.30. The molecule has 2 aromatic rings. The number of aromatic nitrogens is 2. The Labute approximate surface area is 176 Å². The zero-order valence-electron chi connectivity index (χ0n) is 16.8. The lowest BCUT2D eigenvalue weighted by atomic mass is 9.96. The summed E-state index contributed by atoms with van der Waals surface area (Å²) in [4.78, 5) is 25.8. The molecular formula is C21H27ClN6O. The van der Waals surface area contributed by atoms with Gasteiger partial charge in [0.2, 0.25) is 11.9 Å². The average Bonchev–Trinajstić information content (AvgIpc) is 2.67. The number of carbonyl (C=O) groups excluding carboxylic acids is 1. The maximum Gasteiger partial charge on any atom is 0.321 e. The molecule has 1 fully saturated rings. The van der Waals surface area contributed by atoms with E-state index in [9.17, 15) is 4.79 Å². The van der Waals surface area contributed by atoms with Gasteiger partial charge in [-0.15, -0.1) is 0 Å². The Balaban J connectivity index is 1.71. The summed E-state index contributed by atoms with van der Waals surface area (Å²) in [7, 11) is 0. The molecule has 0 bridgehead atoms. The highest BCUT2D eigenvalue weighted by atomic mass is 35.5. The van der Waals surface area contributed by atoms with Crippen molar-refractivity contribution < 1.29 is 4.79 Å². The third-order valence-corrected chi connectivity index (χ3v) is 4.97. The fraction of sp³-hybridized carbons (Fsp3) is 0.429. The van der Waals surface area contributed by atoms with E-state index in [0.717, 1.165) is 42.6 Å². The van der Waals surface area contributed by atoms with Crippen molar-refractivity contribution in [2.75, 3.05) is 5.32 Å². The molecule has 0 aliphatic heterocycles. The van der Waals surface area contributed by atoms with Gasteiger partial charge in [-0.2, -0.15) is 0 Å². The molecule has 1 heterocycles. The minimum Gasteiger partial charge on any atom is -0.335 e. The van der Waals surface area contributed by atoms with E-state index < -0.39 is 0 Å². The summed E-state index contributed by atoms with van der Waals surface area (Å²) < 4.78 is 0. The Morgan fingerprint density at radius 1 is 1.10 bits per heavy atom. The number of aryl methyl sites for hydroxylation is 2. The summed E-state index contributed by atoms with van der Waals surface area (Å²) in [5.41, 5.74) is 2.65. The van der Waals surface area contributed by atoms with E-state index in [1.165, 1.54) is 6.42 Å². The third-order valence-electron chi connectivity index (χ3n) is 4.72. The normalized spacial score (nSPS) is 15.1. The van der Waals surface area contributed by atoms with Gasteiger partial charge < -0.3 is 5.32 Å². The van der Waals surface area contributed by atoms with Crippen LogP contribution in [0.25, 0.3) is 0 Å². The van der Waals surface area contributed by atoms with E-state index >= 15 is 0 Å². The Bertz CT molecular complexity index is 842. The Hall–Kier alpha value is -2.67. The number of urea groups is 1. The lowest BCUT2D eigenvalue weighted by Crippen LogP contribution is -2.47. The van der Waals surface area contributed by atoms with E-state index in [1.54, 1.807) is 0 Å². The van der Waals surface area contributed by atoms with Gasteiger partial charge in [-0.05, 0) is 50.5 Å². The predicted octanol–water partition coefficient (Wildman–Crippen LogP) is 4.35. The van der Waals surface area contributed by atoms with Crippen LogP contribution in [0.5, 0.6) is 0 Å². The van der Waals surface area contributed by atoms with Crippen LogP contribution in [0.15, 0.2) is 35.3 Å². The molecule has 1 saturated carbocycles. The van der Waals surface area contributed by atoms with Crippen molar-refractivity contribution in [3.05, 3.63) is 52.3 Å². The molecule has 1 aromatic carbocycles. The second-order valence-corrected chi connectivity index (χ2v) is 7.76. The molecule has 1 aromatic heterocycles. The molecule has 0 spiro atoms. The number of hydrogen-bond donors (Lipinski definition) is 3. The van der Waals surface area contributed by atoms with Gasteiger partial charge in [0.25, 0.3) is 0 Å². The van der Waals surface area contributed by atoms with Crippen LogP contribution in [0.2, 0.25) is 5.02 Å². The van der Waals surface area contributed by atoms with Crippen LogP contribution in [0.4, 0.5) is 10.7 Å². The van der Waals surface area contributed by atoms with Gasteiger partial charge in [0.05, 0.1) is 6.54 Å². The molecule has 7 nitrogen and oxygen atoms in total. The number of halogens is 1. The van der Waals surface area contributed by atoms with Gasteiger partial charge in [-0.1, -0.05) is 43.0 Å². The van der Waals surface area contributed by atoms with E-state index in [1.807, 2.05) is 44.2 Å². The monoisotopic (exact) mass is 414 g/mol. The zero-order valence-corrected chi connectivity index (χ0v) is 17.6. The van der Waals surface area contributed by atoms with E-state index in [0.29, 0.717) is 23.5 Å². The average molecular weight is 415 g/mol. The van der Waals surface area contributed by atoms with Crippen LogP contribution >= 0.6 is 11.6 Å². The number of anilines is 1. The lowest BCUT2D eigenvalue weighted by Gasteiger charge is -2.23. The summed E-state index contributed by atoms with van der Waals surface area (Å²) >= 11 is 5.94. The highest BCUT2D eigenvalue weighted by Crippen LogP contribution is 2.17. The number of rotatable bonds is 4. The molecule has 0 unspecified atom stereocenters. The van der Waals surface area contributed by atoms with Crippen molar-refractivity contribution in [1.82, 2.24) is 20.6 Å². The van der Waals surface area contributed by atoms with Crippen molar-refractivity contribution in [2.24, 2.45) is 4.99 Å². The van der Waals surface area contributed by atoms with Crippen LogP contribution in [-0.2, 0) is 6.54 Å². The largest absolute Gasteiger partial charge is 0.335 e. The second-order valence-electron chi connectivity index (χ2n) is 7.32. The highest BCUT2D eigenvalue weighted by Gasteiger charge is 2.17. The van der Waals surface area contributed by atoms with Gasteiger partial charge >= 0.3 is 6.03 Å². The molecule has 0 saturated heterocycles. The first-order valence-corrected chi connectivity index (χ1v) is 10.3. The summed E-state index contributed by atoms with van der Waals surface area (Å²) in [6, 6.07) is 9.25. The molecule has 0 radical (unpaired) electrons. The lowest BCUT2D eigenvalue weighted by molar-refractivity contribution is 0.237. The molecule has 2 amide bonds. The molecule has 3 N–H and O–H groups in total. The van der Waals surface area contributed by atoms with Crippen molar-refractivity contribution in [2.45, 2.75) is 58.5 Å². The number of nitrogens with one attached hydrogen (secondary N) is 3. The summed E-state index contributed by atoms with van der Waals surface area (Å²) in [5, 5.41) is 9.56. The quantitative estimate of drug-likeness (QED) is 0.512. The molecule has 8 heteroatoms. The first-order valence-electron chi connectivity index (χ1n) is 9.93. The number of nitrogens with zero attached hydrogens (tertiary/aromatic N) is 3. The number of aliphatic imine (C=N–C) groups is 1. The summed E-state index contributed by atoms with van der Waals surface area (Å²) in [6.07, 6.45) is 5.56. The SMILES string of the molecule is Cc1cc(C)nc(NC(=NCc2ccc(Cl)cc2)NC(=O)NC2CCCCC2)n1. The second kappa shape index (κ2) is 10.2. The summed E-state index contributed by atoms with van der Waals surface area (Å²) in [5.74, 6) is 0.702. The van der Waals surface area contributed by atoms with Crippen LogP contribution in [-0.4, -0.2) is 28.0 Å². The van der Waals surface area contributed by atoms with Crippen molar-refractivity contribution in [1.29, 1.82) is 0 Å². The molecule has 29 heavy (non-hydrogen) atoms. The van der Waals surface area contributed by atoms with E-state index in [2.05, 4.69) is 30.9 Å². The van der Waals surface area contributed by atoms with Gasteiger partial charge in [0.1, 0.15) is 0 Å². The van der Waals surface area contributed by atoms with Crippen molar-refractivity contribution in [3.8, 4) is 0 Å². The molecule has 3 rings (SSSR count). The number of guanidine groups is 1. The molecule has 1 aliphatic carbocycles. The van der Waals surface area contributed by atoms with Crippen molar-refractivity contribution >= 4 is 29.5 Å². The molecule has 0 atom stereocenters. The van der Waals surface area contributed by atoms with Gasteiger partial charge in [-0.25, -0.2) is 19.8 Å². The fourth-order valence-electron chi connectivity index (χ4n) is 3.33. The summed E-state index contributed by atoms with van der Waals surface area (Å²) in [6.45, 7) is 4.18. The van der Waals surface area contributed by atoms with Crippen LogP contribution in [0.1, 0.15) is 49.1 Å². The maximum atomic E-state index is 12.5. The van der Waals surface area contributed by atoms with Crippen LogP contribution < -0.4 is 16.0 Å². The topological polar surface area (TPSA) is 91.3 Å². The van der Waals surface area contributed by atoms with Crippen LogP contribution in [0.3, 0.4) is 0 Å². The smallest absolute Gasteiger partial charge is 0.321 e. The Kier molecular flexibility index (Phi) is 7.41. The Morgan fingerprint density at radius 2 is 1.76 bits per heavy atom. The number of carbonyl (C=O) groups is 1. The van der Waals surface area contributed by atoms with Crippen LogP contribution in [0, 0.1) is 13.8 Å². The fourth-order valence-corrected chi connectivity index (χ4v) is 3.46. The van der Waals surface area contributed by atoms with Gasteiger partial charge in [-0.3, -0.25) is 10.6 Å². The third kappa shape index (κ3) is 7.02. The molecule has 1 aliphatic rings. The first-order chi connectivity index (χ1) is 14.0. The number of amides is 2. The standard InChI is InChI=1S/C21H27ClN6O/c1-14-12-15(2)25-20(24-14)27-19(23-13-16-8-10-17(22)11-9-16)28-21(29)26-18-6-4-3-5-7-18/h8-12,18H,3-7,13H2,1-2H3,(H3,23,24,25,26,27,28,29).